The van der Waals surface area contributed by atoms with Crippen molar-refractivity contribution in [3.05, 3.63) is 0 Å². The lowest BCUT2D eigenvalue weighted by atomic mass is 9.82. The van der Waals surface area contributed by atoms with Crippen LogP contribution in [0.25, 0.3) is 0 Å². The zero-order valence-electron chi connectivity index (χ0n) is 10.0. The Morgan fingerprint density at radius 3 is 2.08 bits per heavy atom. The zero-order chi connectivity index (χ0) is 10.0. The second-order valence-electron chi connectivity index (χ2n) is 5.63. The van der Waals surface area contributed by atoms with Crippen molar-refractivity contribution in [2.24, 2.45) is 29.6 Å². The fraction of sp³-hybridized carbons (Fsp3) is 1.00. The lowest BCUT2D eigenvalue weighted by Gasteiger charge is -2.24. The van der Waals surface area contributed by atoms with Gasteiger partial charge in [0.1, 0.15) is 0 Å². The van der Waals surface area contributed by atoms with E-state index in [1.54, 1.807) is 0 Å². The van der Waals surface area contributed by atoms with E-state index in [2.05, 4.69) is 34.6 Å². The first-order valence-electron chi connectivity index (χ1n) is 6.02. The van der Waals surface area contributed by atoms with Crippen LogP contribution in [0, 0.1) is 29.6 Å². The van der Waals surface area contributed by atoms with Crippen molar-refractivity contribution in [1.29, 1.82) is 0 Å². The maximum atomic E-state index is 2.45. The van der Waals surface area contributed by atoms with Crippen LogP contribution in [0.15, 0.2) is 0 Å². The van der Waals surface area contributed by atoms with Crippen LogP contribution in [0.1, 0.15) is 53.9 Å². The smallest absolute Gasteiger partial charge is 0.0383 e. The van der Waals surface area contributed by atoms with E-state index >= 15 is 0 Å². The monoisotopic (exact) mass is 182 g/mol. The molecule has 1 aliphatic rings. The summed E-state index contributed by atoms with van der Waals surface area (Å²) in [5.41, 5.74) is 0. The Morgan fingerprint density at radius 2 is 1.69 bits per heavy atom. The van der Waals surface area contributed by atoms with Gasteiger partial charge in [-0.1, -0.05) is 41.0 Å². The second-order valence-corrected chi connectivity index (χ2v) is 5.63. The van der Waals surface area contributed by atoms with Crippen molar-refractivity contribution in [3.8, 4) is 0 Å². The summed E-state index contributed by atoms with van der Waals surface area (Å²) in [6.45, 7) is 12.0. The molecule has 1 fully saturated rings. The average Bonchev–Trinajstić information content (AvgIpc) is 2.36. The minimum atomic E-state index is 0.864. The number of hydrogen-bond acceptors (Lipinski definition) is 0. The third kappa shape index (κ3) is 2.72. The van der Waals surface area contributed by atoms with Crippen LogP contribution >= 0.6 is 0 Å². The predicted molar refractivity (Wildman–Crippen MR) is 59.7 cm³/mol. The minimum absolute atomic E-state index is 0.864. The van der Waals surface area contributed by atoms with E-state index in [0.717, 1.165) is 29.6 Å². The molecule has 0 radical (unpaired) electrons. The molecule has 0 heterocycles. The van der Waals surface area contributed by atoms with Crippen LogP contribution in [-0.2, 0) is 0 Å². The predicted octanol–water partition coefficient (Wildman–Crippen LogP) is 4.35. The molecule has 0 bridgehead atoms. The van der Waals surface area contributed by atoms with Gasteiger partial charge in [0.05, 0.1) is 0 Å². The van der Waals surface area contributed by atoms with Gasteiger partial charge in [-0.2, -0.15) is 0 Å². The molecule has 0 aromatic rings. The minimum Gasteiger partial charge on any atom is -0.0625 e. The van der Waals surface area contributed by atoms with E-state index in [9.17, 15) is 0 Å². The first-order valence-corrected chi connectivity index (χ1v) is 6.02. The van der Waals surface area contributed by atoms with E-state index in [1.165, 1.54) is 19.3 Å². The molecule has 78 valence electrons. The summed E-state index contributed by atoms with van der Waals surface area (Å²) in [6.07, 6.45) is 4.42. The molecule has 0 aromatic heterocycles. The van der Waals surface area contributed by atoms with Crippen molar-refractivity contribution >= 4 is 0 Å². The molecule has 4 atom stereocenters. The quantitative estimate of drug-likeness (QED) is 0.608. The maximum absolute atomic E-state index is 2.45. The molecule has 0 nitrogen and oxygen atoms in total. The van der Waals surface area contributed by atoms with Gasteiger partial charge in [-0.3, -0.25) is 0 Å². The molecule has 0 aliphatic heterocycles. The molecule has 0 aromatic carbocycles. The van der Waals surface area contributed by atoms with Crippen LogP contribution in [0.2, 0.25) is 0 Å². The van der Waals surface area contributed by atoms with Gasteiger partial charge in [0, 0.05) is 0 Å². The molecule has 0 spiro atoms. The summed E-state index contributed by atoms with van der Waals surface area (Å²) in [7, 11) is 0. The third-order valence-corrected chi connectivity index (χ3v) is 4.45. The second kappa shape index (κ2) is 4.48. The van der Waals surface area contributed by atoms with Crippen LogP contribution < -0.4 is 0 Å². The van der Waals surface area contributed by atoms with Crippen LogP contribution in [0.3, 0.4) is 0 Å². The van der Waals surface area contributed by atoms with Crippen molar-refractivity contribution in [2.45, 2.75) is 53.9 Å². The topological polar surface area (TPSA) is 0 Å². The van der Waals surface area contributed by atoms with Crippen LogP contribution in [0.4, 0.5) is 0 Å². The Kier molecular flexibility index (Phi) is 3.82. The van der Waals surface area contributed by atoms with Crippen LogP contribution in [0.5, 0.6) is 0 Å². The molecule has 0 N–H and O–H groups in total. The van der Waals surface area contributed by atoms with Crippen molar-refractivity contribution < 1.29 is 0 Å². The zero-order valence-corrected chi connectivity index (χ0v) is 10.0. The Balaban J connectivity index is 2.37. The fourth-order valence-corrected chi connectivity index (χ4v) is 2.55. The molecule has 0 amide bonds. The summed E-state index contributed by atoms with van der Waals surface area (Å²) in [6, 6.07) is 0. The van der Waals surface area contributed by atoms with Gasteiger partial charge < -0.3 is 0 Å². The lowest BCUT2D eigenvalue weighted by Crippen LogP contribution is -2.15. The van der Waals surface area contributed by atoms with Crippen molar-refractivity contribution in [1.82, 2.24) is 0 Å². The summed E-state index contributed by atoms with van der Waals surface area (Å²) in [5, 5.41) is 0. The maximum Gasteiger partial charge on any atom is -0.0383 e. The lowest BCUT2D eigenvalue weighted by molar-refractivity contribution is 0.263. The van der Waals surface area contributed by atoms with Crippen molar-refractivity contribution in [3.63, 3.8) is 0 Å². The van der Waals surface area contributed by atoms with E-state index in [-0.39, 0.29) is 0 Å². The molecular formula is C13H26. The highest BCUT2D eigenvalue weighted by atomic mass is 14.4. The summed E-state index contributed by atoms with van der Waals surface area (Å²) < 4.78 is 0. The Labute approximate surface area is 84.1 Å². The largest absolute Gasteiger partial charge is 0.0625 e. The fourth-order valence-electron chi connectivity index (χ4n) is 2.55. The highest BCUT2D eigenvalue weighted by Crippen LogP contribution is 2.40. The van der Waals surface area contributed by atoms with E-state index in [1.807, 2.05) is 0 Å². The highest BCUT2D eigenvalue weighted by molar-refractivity contribution is 4.81. The van der Waals surface area contributed by atoms with Crippen LogP contribution in [-0.4, -0.2) is 0 Å². The summed E-state index contributed by atoms with van der Waals surface area (Å²) >= 11 is 0. The van der Waals surface area contributed by atoms with Gasteiger partial charge in [0.15, 0.2) is 0 Å². The molecule has 1 saturated carbocycles. The normalized spacial score (nSPS) is 36.9. The van der Waals surface area contributed by atoms with Gasteiger partial charge in [0.25, 0.3) is 0 Å². The average molecular weight is 182 g/mol. The first-order chi connectivity index (χ1) is 6.02. The van der Waals surface area contributed by atoms with Crippen molar-refractivity contribution in [2.75, 3.05) is 0 Å². The molecule has 13 heavy (non-hydrogen) atoms. The first kappa shape index (κ1) is 11.1. The Morgan fingerprint density at radius 1 is 1.08 bits per heavy atom. The molecule has 1 aliphatic carbocycles. The standard InChI is InChI=1S/C13H26/c1-9(2)11(4)8-13-7-6-10(3)12(13)5/h9-13H,6-8H2,1-5H3. The third-order valence-electron chi connectivity index (χ3n) is 4.45. The summed E-state index contributed by atoms with van der Waals surface area (Å²) in [5.74, 6) is 4.75. The van der Waals surface area contributed by atoms with Gasteiger partial charge in [-0.15, -0.1) is 0 Å². The molecule has 0 heteroatoms. The van der Waals surface area contributed by atoms with Gasteiger partial charge in [-0.25, -0.2) is 0 Å². The molecule has 0 saturated heterocycles. The van der Waals surface area contributed by atoms with E-state index in [0.29, 0.717) is 0 Å². The van der Waals surface area contributed by atoms with Gasteiger partial charge in [-0.05, 0) is 42.4 Å². The van der Waals surface area contributed by atoms with E-state index in [4.69, 9.17) is 0 Å². The Bertz CT molecular complexity index is 148. The molecule has 4 unspecified atom stereocenters. The van der Waals surface area contributed by atoms with Gasteiger partial charge >= 0.3 is 0 Å². The van der Waals surface area contributed by atoms with Gasteiger partial charge in [0.2, 0.25) is 0 Å². The summed E-state index contributed by atoms with van der Waals surface area (Å²) in [4.78, 5) is 0. The molecular weight excluding hydrogens is 156 g/mol. The molecule has 1 rings (SSSR count). The SMILES string of the molecule is CC(C)C(C)CC1CCC(C)C1C. The number of rotatable bonds is 3. The Hall–Kier alpha value is 0. The van der Waals surface area contributed by atoms with E-state index < -0.39 is 0 Å². The highest BCUT2D eigenvalue weighted by Gasteiger charge is 2.30. The number of hydrogen-bond donors (Lipinski definition) is 0.